The fraction of sp³-hybridized carbons (Fsp3) is 0.562. The SMILES string of the molecule is COc1ccc(F)cc1CNC(C)CCCC(C)C(=O)O. The Morgan fingerprint density at radius 1 is 1.38 bits per heavy atom. The number of carboxylic acid groups (broad SMARTS) is 1. The first-order valence-corrected chi connectivity index (χ1v) is 7.22. The summed E-state index contributed by atoms with van der Waals surface area (Å²) >= 11 is 0. The van der Waals surface area contributed by atoms with Crippen LogP contribution >= 0.6 is 0 Å². The van der Waals surface area contributed by atoms with Crippen LogP contribution < -0.4 is 10.1 Å². The van der Waals surface area contributed by atoms with E-state index < -0.39 is 5.97 Å². The van der Waals surface area contributed by atoms with Crippen LogP contribution in [-0.2, 0) is 11.3 Å². The molecule has 0 aliphatic rings. The number of hydrogen-bond acceptors (Lipinski definition) is 3. The standard InChI is InChI=1S/C16H24FNO3/c1-11(16(19)20)5-4-6-12(2)18-10-13-9-14(17)7-8-15(13)21-3/h7-9,11-12,18H,4-6,10H2,1-3H3,(H,19,20). The summed E-state index contributed by atoms with van der Waals surface area (Å²) in [6, 6.07) is 4.69. The van der Waals surface area contributed by atoms with Gasteiger partial charge < -0.3 is 15.2 Å². The highest BCUT2D eigenvalue weighted by molar-refractivity contribution is 5.69. The summed E-state index contributed by atoms with van der Waals surface area (Å²) in [4.78, 5) is 10.7. The molecule has 0 fully saturated rings. The van der Waals surface area contributed by atoms with Gasteiger partial charge in [0.15, 0.2) is 0 Å². The van der Waals surface area contributed by atoms with Gasteiger partial charge >= 0.3 is 5.97 Å². The second kappa shape index (κ2) is 8.62. The Morgan fingerprint density at radius 2 is 2.10 bits per heavy atom. The van der Waals surface area contributed by atoms with Crippen molar-refractivity contribution in [3.63, 3.8) is 0 Å². The number of carbonyl (C=O) groups is 1. The number of hydrogen-bond donors (Lipinski definition) is 2. The summed E-state index contributed by atoms with van der Waals surface area (Å²) in [5.41, 5.74) is 0.781. The zero-order valence-electron chi connectivity index (χ0n) is 12.9. The van der Waals surface area contributed by atoms with Gasteiger partial charge in [-0.05, 0) is 38.0 Å². The van der Waals surface area contributed by atoms with Crippen LogP contribution in [0.5, 0.6) is 5.75 Å². The maximum Gasteiger partial charge on any atom is 0.306 e. The summed E-state index contributed by atoms with van der Waals surface area (Å²) in [7, 11) is 1.56. The summed E-state index contributed by atoms with van der Waals surface area (Å²) in [6.45, 7) is 4.28. The Bertz CT molecular complexity index is 465. The smallest absolute Gasteiger partial charge is 0.306 e. The minimum atomic E-state index is -0.750. The Kier molecular flexibility index (Phi) is 7.15. The van der Waals surface area contributed by atoms with Gasteiger partial charge in [-0.2, -0.15) is 0 Å². The molecule has 0 radical (unpaired) electrons. The number of nitrogens with one attached hydrogen (secondary N) is 1. The molecular weight excluding hydrogens is 273 g/mol. The number of methoxy groups -OCH3 is 1. The Hall–Kier alpha value is -1.62. The van der Waals surface area contributed by atoms with E-state index >= 15 is 0 Å². The second-order valence-corrected chi connectivity index (χ2v) is 5.41. The van der Waals surface area contributed by atoms with Gasteiger partial charge in [-0.15, -0.1) is 0 Å². The average Bonchev–Trinajstić information content (AvgIpc) is 2.45. The molecular formula is C16H24FNO3. The molecule has 0 aliphatic heterocycles. The van der Waals surface area contributed by atoms with Crippen molar-refractivity contribution in [2.24, 2.45) is 5.92 Å². The monoisotopic (exact) mass is 297 g/mol. The fourth-order valence-electron chi connectivity index (χ4n) is 2.13. The van der Waals surface area contributed by atoms with E-state index in [-0.39, 0.29) is 17.8 Å². The third-order valence-corrected chi connectivity index (χ3v) is 3.58. The molecule has 0 bridgehead atoms. The lowest BCUT2D eigenvalue weighted by Gasteiger charge is -2.16. The molecule has 2 N–H and O–H groups in total. The highest BCUT2D eigenvalue weighted by Gasteiger charge is 2.11. The van der Waals surface area contributed by atoms with Gasteiger partial charge in [-0.1, -0.05) is 13.3 Å². The number of ether oxygens (including phenoxy) is 1. The van der Waals surface area contributed by atoms with E-state index in [0.29, 0.717) is 18.7 Å². The van der Waals surface area contributed by atoms with Crippen LogP contribution in [-0.4, -0.2) is 24.2 Å². The molecule has 0 amide bonds. The van der Waals surface area contributed by atoms with Gasteiger partial charge in [0.1, 0.15) is 11.6 Å². The summed E-state index contributed by atoms with van der Waals surface area (Å²) in [6.07, 6.45) is 2.40. The summed E-state index contributed by atoms with van der Waals surface area (Å²) < 4.78 is 18.4. The van der Waals surface area contributed by atoms with Crippen LogP contribution in [0.4, 0.5) is 4.39 Å². The van der Waals surface area contributed by atoms with E-state index in [2.05, 4.69) is 5.32 Å². The Morgan fingerprint density at radius 3 is 2.71 bits per heavy atom. The average molecular weight is 297 g/mol. The van der Waals surface area contributed by atoms with Crippen LogP contribution in [0.15, 0.2) is 18.2 Å². The molecule has 21 heavy (non-hydrogen) atoms. The molecule has 0 spiro atoms. The molecule has 1 aromatic carbocycles. The molecule has 0 saturated heterocycles. The molecule has 4 nitrogen and oxygen atoms in total. The molecule has 118 valence electrons. The zero-order chi connectivity index (χ0) is 15.8. The lowest BCUT2D eigenvalue weighted by atomic mass is 10.0. The third-order valence-electron chi connectivity index (χ3n) is 3.58. The number of halogens is 1. The normalized spacial score (nSPS) is 13.7. The number of benzene rings is 1. The first kappa shape index (κ1) is 17.4. The largest absolute Gasteiger partial charge is 0.496 e. The maximum absolute atomic E-state index is 13.2. The minimum absolute atomic E-state index is 0.235. The lowest BCUT2D eigenvalue weighted by Crippen LogP contribution is -2.26. The van der Waals surface area contributed by atoms with Crippen LogP contribution in [0.3, 0.4) is 0 Å². The zero-order valence-corrected chi connectivity index (χ0v) is 12.9. The van der Waals surface area contributed by atoms with Gasteiger partial charge in [0.05, 0.1) is 13.0 Å². The van der Waals surface area contributed by atoms with E-state index in [9.17, 15) is 9.18 Å². The highest BCUT2D eigenvalue weighted by atomic mass is 19.1. The van der Waals surface area contributed by atoms with E-state index in [0.717, 1.165) is 18.4 Å². The van der Waals surface area contributed by atoms with Crippen LogP contribution in [0.25, 0.3) is 0 Å². The van der Waals surface area contributed by atoms with Crippen molar-refractivity contribution >= 4 is 5.97 Å². The van der Waals surface area contributed by atoms with Crippen molar-refractivity contribution in [1.82, 2.24) is 5.32 Å². The lowest BCUT2D eigenvalue weighted by molar-refractivity contribution is -0.141. The predicted octanol–water partition coefficient (Wildman–Crippen LogP) is 3.20. The third kappa shape index (κ3) is 6.12. The topological polar surface area (TPSA) is 58.6 Å². The van der Waals surface area contributed by atoms with E-state index in [1.54, 1.807) is 20.1 Å². The first-order valence-electron chi connectivity index (χ1n) is 7.22. The summed E-state index contributed by atoms with van der Waals surface area (Å²) in [5, 5.41) is 12.1. The molecule has 0 aliphatic carbocycles. The van der Waals surface area contributed by atoms with Gasteiger partial charge in [0.25, 0.3) is 0 Å². The van der Waals surface area contributed by atoms with Gasteiger partial charge in [-0.3, -0.25) is 4.79 Å². The first-order chi connectivity index (χ1) is 9.93. The van der Waals surface area contributed by atoms with Crippen LogP contribution in [0.2, 0.25) is 0 Å². The Labute approximate surface area is 125 Å². The molecule has 0 aromatic heterocycles. The van der Waals surface area contributed by atoms with Gasteiger partial charge in [-0.25, -0.2) is 4.39 Å². The van der Waals surface area contributed by atoms with Crippen molar-refractivity contribution < 1.29 is 19.0 Å². The number of carboxylic acids is 1. The Balaban J connectivity index is 2.37. The van der Waals surface area contributed by atoms with Crippen molar-refractivity contribution in [2.75, 3.05) is 7.11 Å². The van der Waals surface area contributed by atoms with E-state index in [1.165, 1.54) is 12.1 Å². The van der Waals surface area contributed by atoms with Gasteiger partial charge in [0, 0.05) is 18.2 Å². The number of aliphatic carboxylic acids is 1. The molecule has 2 unspecified atom stereocenters. The van der Waals surface area contributed by atoms with Crippen LogP contribution in [0.1, 0.15) is 38.7 Å². The molecule has 1 aromatic rings. The fourth-order valence-corrected chi connectivity index (χ4v) is 2.13. The second-order valence-electron chi connectivity index (χ2n) is 5.41. The quantitative estimate of drug-likeness (QED) is 0.735. The molecule has 1 rings (SSSR count). The predicted molar refractivity (Wildman–Crippen MR) is 79.9 cm³/mol. The summed E-state index contributed by atoms with van der Waals surface area (Å²) in [5.74, 6) is -0.674. The van der Waals surface area contributed by atoms with Crippen molar-refractivity contribution in [3.05, 3.63) is 29.6 Å². The maximum atomic E-state index is 13.2. The minimum Gasteiger partial charge on any atom is -0.496 e. The van der Waals surface area contributed by atoms with E-state index in [1.807, 2.05) is 6.92 Å². The molecule has 2 atom stereocenters. The highest BCUT2D eigenvalue weighted by Crippen LogP contribution is 2.19. The molecule has 0 heterocycles. The van der Waals surface area contributed by atoms with E-state index in [4.69, 9.17) is 9.84 Å². The molecule has 0 saturated carbocycles. The van der Waals surface area contributed by atoms with Crippen molar-refractivity contribution in [1.29, 1.82) is 0 Å². The van der Waals surface area contributed by atoms with Crippen LogP contribution in [0, 0.1) is 11.7 Å². The van der Waals surface area contributed by atoms with Crippen molar-refractivity contribution in [3.8, 4) is 5.75 Å². The van der Waals surface area contributed by atoms with Crippen molar-refractivity contribution in [2.45, 2.75) is 45.7 Å². The number of rotatable bonds is 9. The molecule has 5 heteroatoms. The van der Waals surface area contributed by atoms with Gasteiger partial charge in [0.2, 0.25) is 0 Å².